The Morgan fingerprint density at radius 2 is 1.91 bits per heavy atom. The average molecular weight is 466 g/mol. The largest absolute Gasteiger partial charge is 0.473 e. The molecule has 0 saturated heterocycles. The number of ether oxygens (including phenoxy) is 1. The Balaban J connectivity index is 1.81. The number of hydrogen-bond acceptors (Lipinski definition) is 2. The van der Waals surface area contributed by atoms with Crippen LogP contribution in [0, 0.1) is 3.57 Å². The molecule has 0 unspecified atom stereocenters. The van der Waals surface area contributed by atoms with Crippen LogP contribution in [0.4, 0.5) is 5.69 Å². The second-order valence-electron chi connectivity index (χ2n) is 5.33. The summed E-state index contributed by atoms with van der Waals surface area (Å²) in [5.41, 5.74) is 2.48. The Morgan fingerprint density at radius 3 is 2.77 bits per heavy atom. The summed E-state index contributed by atoms with van der Waals surface area (Å²) in [6.07, 6.45) is 0. The van der Waals surface area contributed by atoms with Gasteiger partial charge in [-0.2, -0.15) is 0 Å². The van der Waals surface area contributed by atoms with Crippen molar-refractivity contribution in [3.05, 3.63) is 68.2 Å². The lowest BCUT2D eigenvalue weighted by Crippen LogP contribution is -2.32. The third-order valence-corrected chi connectivity index (χ3v) is 5.37. The summed E-state index contributed by atoms with van der Waals surface area (Å²) in [6.45, 7) is 1.46. The second kappa shape index (κ2) is 5.74. The molecule has 4 rings (SSSR count). The van der Waals surface area contributed by atoms with Crippen LogP contribution in [-0.2, 0) is 6.54 Å². The SMILES string of the molecule is Brc1ccc2c3c(ccc2c1)OCN(c1ccccc1I)C3. The molecule has 1 aliphatic rings. The van der Waals surface area contributed by atoms with Crippen LogP contribution in [0.15, 0.2) is 59.1 Å². The Morgan fingerprint density at radius 1 is 1.05 bits per heavy atom. The number of nitrogens with zero attached hydrogens (tertiary/aromatic N) is 1. The maximum absolute atomic E-state index is 5.99. The highest BCUT2D eigenvalue weighted by atomic mass is 127. The molecule has 2 nitrogen and oxygen atoms in total. The molecule has 3 aromatic rings. The number of rotatable bonds is 1. The molecular weight excluding hydrogens is 453 g/mol. The Bertz CT molecular complexity index is 865. The number of hydrogen-bond donors (Lipinski definition) is 0. The molecule has 1 aliphatic heterocycles. The Kier molecular flexibility index (Phi) is 3.74. The van der Waals surface area contributed by atoms with E-state index in [0.29, 0.717) is 6.73 Å². The first-order chi connectivity index (χ1) is 10.7. The third kappa shape index (κ3) is 2.48. The molecule has 4 heteroatoms. The maximum Gasteiger partial charge on any atom is 0.161 e. The molecule has 0 N–H and O–H groups in total. The van der Waals surface area contributed by atoms with Crippen molar-refractivity contribution < 1.29 is 4.74 Å². The third-order valence-electron chi connectivity index (χ3n) is 3.97. The smallest absolute Gasteiger partial charge is 0.161 e. The predicted molar refractivity (Wildman–Crippen MR) is 102 cm³/mol. The van der Waals surface area contributed by atoms with Crippen LogP contribution in [-0.4, -0.2) is 6.73 Å². The zero-order valence-corrected chi connectivity index (χ0v) is 15.5. The molecule has 3 aromatic carbocycles. The average Bonchev–Trinajstić information content (AvgIpc) is 2.54. The first-order valence-electron chi connectivity index (χ1n) is 7.06. The summed E-state index contributed by atoms with van der Waals surface area (Å²) >= 11 is 5.93. The summed E-state index contributed by atoms with van der Waals surface area (Å²) in [5, 5.41) is 2.50. The van der Waals surface area contributed by atoms with Crippen molar-refractivity contribution in [2.45, 2.75) is 6.54 Å². The molecule has 0 bridgehead atoms. The topological polar surface area (TPSA) is 12.5 Å². The normalized spacial score (nSPS) is 13.8. The molecule has 0 aliphatic carbocycles. The van der Waals surface area contributed by atoms with Gasteiger partial charge in [0.05, 0.1) is 12.2 Å². The highest BCUT2D eigenvalue weighted by Gasteiger charge is 2.21. The molecule has 0 radical (unpaired) electrons. The van der Waals surface area contributed by atoms with Gasteiger partial charge >= 0.3 is 0 Å². The van der Waals surface area contributed by atoms with E-state index >= 15 is 0 Å². The fraction of sp³-hybridized carbons (Fsp3) is 0.111. The van der Waals surface area contributed by atoms with E-state index in [1.165, 1.54) is 25.6 Å². The Labute approximate surface area is 151 Å². The summed E-state index contributed by atoms with van der Waals surface area (Å²) in [7, 11) is 0. The highest BCUT2D eigenvalue weighted by Crippen LogP contribution is 2.36. The molecular formula is C18H13BrINO. The molecule has 0 spiro atoms. The Hall–Kier alpha value is -1.27. The first-order valence-corrected chi connectivity index (χ1v) is 8.93. The van der Waals surface area contributed by atoms with Crippen LogP contribution in [0.25, 0.3) is 10.8 Å². The summed E-state index contributed by atoms with van der Waals surface area (Å²) in [6, 6.07) is 19.0. The van der Waals surface area contributed by atoms with Crippen molar-refractivity contribution in [2.24, 2.45) is 0 Å². The molecule has 0 saturated carbocycles. The van der Waals surface area contributed by atoms with Crippen molar-refractivity contribution in [2.75, 3.05) is 11.6 Å². The molecule has 22 heavy (non-hydrogen) atoms. The minimum atomic E-state index is 0.592. The lowest BCUT2D eigenvalue weighted by molar-refractivity contribution is 0.290. The fourth-order valence-corrected chi connectivity index (χ4v) is 4.00. The van der Waals surface area contributed by atoms with Crippen LogP contribution in [0.5, 0.6) is 5.75 Å². The molecule has 0 amide bonds. The van der Waals surface area contributed by atoms with Gasteiger partial charge in [0.15, 0.2) is 6.73 Å². The molecule has 110 valence electrons. The summed E-state index contributed by atoms with van der Waals surface area (Å²) in [5.74, 6) is 0.997. The number of halogens is 2. The summed E-state index contributed by atoms with van der Waals surface area (Å²) < 4.78 is 8.34. The fourth-order valence-electron chi connectivity index (χ4n) is 2.89. The van der Waals surface area contributed by atoms with E-state index in [1.807, 2.05) is 0 Å². The zero-order chi connectivity index (χ0) is 15.1. The van der Waals surface area contributed by atoms with Crippen molar-refractivity contribution in [1.82, 2.24) is 0 Å². The van der Waals surface area contributed by atoms with Crippen molar-refractivity contribution in [3.63, 3.8) is 0 Å². The number of para-hydroxylation sites is 1. The van der Waals surface area contributed by atoms with Gasteiger partial charge in [-0.3, -0.25) is 0 Å². The first kappa shape index (κ1) is 14.3. The van der Waals surface area contributed by atoms with E-state index in [4.69, 9.17) is 4.74 Å². The summed E-state index contributed by atoms with van der Waals surface area (Å²) in [4.78, 5) is 2.28. The minimum Gasteiger partial charge on any atom is -0.473 e. The van der Waals surface area contributed by atoms with E-state index in [2.05, 4.69) is 98.0 Å². The quantitative estimate of drug-likeness (QED) is 0.436. The van der Waals surface area contributed by atoms with Gasteiger partial charge in [-0.05, 0) is 63.7 Å². The van der Waals surface area contributed by atoms with E-state index in [0.717, 1.165) is 16.8 Å². The highest BCUT2D eigenvalue weighted by molar-refractivity contribution is 14.1. The minimum absolute atomic E-state index is 0.592. The van der Waals surface area contributed by atoms with E-state index < -0.39 is 0 Å². The van der Waals surface area contributed by atoms with E-state index in [9.17, 15) is 0 Å². The van der Waals surface area contributed by atoms with Gasteiger partial charge in [0.1, 0.15) is 5.75 Å². The zero-order valence-electron chi connectivity index (χ0n) is 11.7. The van der Waals surface area contributed by atoms with Crippen molar-refractivity contribution >= 4 is 55.0 Å². The molecule has 1 heterocycles. The molecule has 0 atom stereocenters. The van der Waals surface area contributed by atoms with Crippen molar-refractivity contribution in [1.29, 1.82) is 0 Å². The number of anilines is 1. The van der Waals surface area contributed by atoms with Gasteiger partial charge in [-0.1, -0.05) is 40.2 Å². The maximum atomic E-state index is 5.99. The van der Waals surface area contributed by atoms with Gasteiger partial charge in [-0.15, -0.1) is 0 Å². The van der Waals surface area contributed by atoms with Gasteiger partial charge in [-0.25, -0.2) is 0 Å². The van der Waals surface area contributed by atoms with Crippen LogP contribution in [0.1, 0.15) is 5.56 Å². The predicted octanol–water partition coefficient (Wildman–Crippen LogP) is 5.56. The van der Waals surface area contributed by atoms with Gasteiger partial charge in [0.25, 0.3) is 0 Å². The lowest BCUT2D eigenvalue weighted by atomic mass is 10.0. The van der Waals surface area contributed by atoms with Crippen LogP contribution >= 0.6 is 38.5 Å². The number of benzene rings is 3. The van der Waals surface area contributed by atoms with E-state index in [-0.39, 0.29) is 0 Å². The van der Waals surface area contributed by atoms with Crippen molar-refractivity contribution in [3.8, 4) is 5.75 Å². The van der Waals surface area contributed by atoms with Gasteiger partial charge in [0.2, 0.25) is 0 Å². The molecule has 0 aromatic heterocycles. The second-order valence-corrected chi connectivity index (χ2v) is 7.41. The number of fused-ring (bicyclic) bond motifs is 3. The lowest BCUT2D eigenvalue weighted by Gasteiger charge is -2.32. The van der Waals surface area contributed by atoms with Crippen LogP contribution in [0.2, 0.25) is 0 Å². The van der Waals surface area contributed by atoms with Gasteiger partial charge < -0.3 is 9.64 Å². The molecule has 0 fully saturated rings. The van der Waals surface area contributed by atoms with Crippen LogP contribution in [0.3, 0.4) is 0 Å². The van der Waals surface area contributed by atoms with Crippen LogP contribution < -0.4 is 9.64 Å². The van der Waals surface area contributed by atoms with E-state index in [1.54, 1.807) is 0 Å². The monoisotopic (exact) mass is 465 g/mol. The van der Waals surface area contributed by atoms with Gasteiger partial charge in [0, 0.05) is 13.6 Å². The standard InChI is InChI=1S/C18H13BrINO/c19-13-6-7-14-12(9-13)5-8-18-15(14)10-21(11-22-18)17-4-2-1-3-16(17)20/h1-9H,10-11H2.